The van der Waals surface area contributed by atoms with Crippen molar-refractivity contribution in [3.05, 3.63) is 32.6 Å². The molecule has 2 fully saturated rings. The van der Waals surface area contributed by atoms with E-state index in [1.54, 1.807) is 0 Å². The lowest BCUT2D eigenvalue weighted by molar-refractivity contribution is -0.0625. The Hall–Kier alpha value is -1.29. The van der Waals surface area contributed by atoms with Crippen molar-refractivity contribution in [3.8, 4) is 0 Å². The average molecular weight is 362 g/mol. The first kappa shape index (κ1) is 17.5. The summed E-state index contributed by atoms with van der Waals surface area (Å²) >= 11 is 0. The molecule has 0 saturated carbocycles. The predicted octanol–water partition coefficient (Wildman–Crippen LogP) is -0.347. The number of aliphatic hydroxyl groups is 1. The molecular formula is C13H19N2O8P. The van der Waals surface area contributed by atoms with E-state index in [-0.39, 0.29) is 0 Å². The van der Waals surface area contributed by atoms with Gasteiger partial charge >= 0.3 is 13.5 Å². The summed E-state index contributed by atoms with van der Waals surface area (Å²) in [6.45, 7) is 1.51. The Morgan fingerprint density at radius 3 is 2.71 bits per heavy atom. The molecule has 1 aromatic rings. The van der Waals surface area contributed by atoms with Crippen LogP contribution in [0.5, 0.6) is 0 Å². The molecule has 134 valence electrons. The van der Waals surface area contributed by atoms with Crippen molar-refractivity contribution in [2.24, 2.45) is 0 Å². The Labute approximate surface area is 136 Å². The first-order valence-corrected chi connectivity index (χ1v) is 9.16. The Morgan fingerprint density at radius 1 is 1.33 bits per heavy atom. The number of unbranched alkanes of at least 4 members (excludes halogenated alkanes) is 1. The summed E-state index contributed by atoms with van der Waals surface area (Å²) in [5.74, 6) is 0. The van der Waals surface area contributed by atoms with Gasteiger partial charge in [0.05, 0.1) is 6.61 Å². The lowest BCUT2D eigenvalue weighted by Crippen LogP contribution is -2.38. The number of nitrogens with zero attached hydrogens (tertiary/aromatic N) is 1. The number of aryl methyl sites for hydroxylation is 1. The van der Waals surface area contributed by atoms with Crippen molar-refractivity contribution in [2.45, 2.75) is 50.7 Å². The molecule has 0 aliphatic carbocycles. The van der Waals surface area contributed by atoms with E-state index in [0.717, 1.165) is 17.4 Å². The zero-order valence-electron chi connectivity index (χ0n) is 13.0. The number of aromatic nitrogens is 2. The van der Waals surface area contributed by atoms with Crippen molar-refractivity contribution >= 4 is 7.82 Å². The summed E-state index contributed by atoms with van der Waals surface area (Å²) in [6.07, 6.45) is -0.534. The minimum Gasteiger partial charge on any atom is -0.394 e. The lowest BCUT2D eigenvalue weighted by Gasteiger charge is -2.19. The highest BCUT2D eigenvalue weighted by atomic mass is 31.2. The van der Waals surface area contributed by atoms with E-state index >= 15 is 0 Å². The van der Waals surface area contributed by atoms with E-state index in [1.807, 2.05) is 6.92 Å². The third-order valence-electron chi connectivity index (χ3n) is 4.09. The van der Waals surface area contributed by atoms with Crippen molar-refractivity contribution in [2.75, 3.05) is 6.61 Å². The number of hydrogen-bond acceptors (Lipinski definition) is 7. The normalized spacial score (nSPS) is 35.3. The molecule has 0 aromatic carbocycles. The maximum absolute atomic E-state index is 12.1. The van der Waals surface area contributed by atoms with Gasteiger partial charge in [-0.15, -0.1) is 0 Å². The van der Waals surface area contributed by atoms with Gasteiger partial charge in [-0.25, -0.2) is 9.36 Å². The third kappa shape index (κ3) is 3.13. The van der Waals surface area contributed by atoms with Gasteiger partial charge in [0, 0.05) is 11.8 Å². The molecule has 3 N–H and O–H groups in total. The standard InChI is InChI=1S/C13H19N2O8P/c1-2-3-4-7-5-15(13(18)14-11(7)17)12-10-9(8(6-16)21-12)22-24(19,20)23-10/h5,8-10,12,16H,2-4,6H2,1H3,(H,19,20)(H,14,17,18)/t8-,9-,10-,12-/m1/s1. The fourth-order valence-corrected chi connectivity index (χ4v) is 4.06. The average Bonchev–Trinajstić information content (AvgIpc) is 2.99. The van der Waals surface area contributed by atoms with Gasteiger partial charge in [0.1, 0.15) is 18.3 Å². The maximum atomic E-state index is 12.1. The molecule has 3 rings (SSSR count). The van der Waals surface area contributed by atoms with Crippen LogP contribution >= 0.6 is 7.82 Å². The predicted molar refractivity (Wildman–Crippen MR) is 80.5 cm³/mol. The summed E-state index contributed by atoms with van der Waals surface area (Å²) in [6, 6.07) is 0. The largest absolute Gasteiger partial charge is 0.473 e. The molecule has 2 aliphatic heterocycles. The van der Waals surface area contributed by atoms with Crippen molar-refractivity contribution in [1.29, 1.82) is 0 Å². The van der Waals surface area contributed by atoms with Crippen LogP contribution in [0.1, 0.15) is 31.6 Å². The first-order chi connectivity index (χ1) is 11.4. The van der Waals surface area contributed by atoms with E-state index in [9.17, 15) is 24.2 Å². The van der Waals surface area contributed by atoms with Crippen LogP contribution in [0.25, 0.3) is 0 Å². The molecule has 10 nitrogen and oxygen atoms in total. The van der Waals surface area contributed by atoms with Crippen LogP contribution in [0.4, 0.5) is 0 Å². The number of rotatable bonds is 5. The first-order valence-electron chi connectivity index (χ1n) is 7.66. The van der Waals surface area contributed by atoms with E-state index in [4.69, 9.17) is 13.8 Å². The van der Waals surface area contributed by atoms with Gasteiger partial charge in [0.15, 0.2) is 6.23 Å². The zero-order chi connectivity index (χ0) is 17.5. The van der Waals surface area contributed by atoms with E-state index in [1.165, 1.54) is 6.20 Å². The highest BCUT2D eigenvalue weighted by Crippen LogP contribution is 2.58. The molecule has 5 atom stereocenters. The zero-order valence-corrected chi connectivity index (χ0v) is 13.8. The maximum Gasteiger partial charge on any atom is 0.473 e. The molecule has 0 amide bonds. The van der Waals surface area contributed by atoms with Crippen LogP contribution < -0.4 is 11.2 Å². The fraction of sp³-hybridized carbons (Fsp3) is 0.692. The number of phosphoric acid groups is 1. The molecule has 0 bridgehead atoms. The molecule has 11 heteroatoms. The number of fused-ring (bicyclic) bond motifs is 1. The monoisotopic (exact) mass is 362 g/mol. The minimum atomic E-state index is -4.26. The lowest BCUT2D eigenvalue weighted by atomic mass is 10.1. The van der Waals surface area contributed by atoms with Crippen LogP contribution in [-0.2, 0) is 24.8 Å². The van der Waals surface area contributed by atoms with Gasteiger partial charge in [-0.05, 0) is 12.8 Å². The van der Waals surface area contributed by atoms with Crippen molar-refractivity contribution in [3.63, 3.8) is 0 Å². The van der Waals surface area contributed by atoms with Crippen LogP contribution in [-0.4, -0.2) is 44.5 Å². The number of hydrogen-bond donors (Lipinski definition) is 3. The molecule has 2 aliphatic rings. The minimum absolute atomic E-state index is 0.398. The SMILES string of the molecule is CCCCc1cn([C@@H]2O[C@H](CO)[C@H]3OP(=O)(O)O[C@H]32)c(=O)[nH]c1=O. The van der Waals surface area contributed by atoms with Gasteiger partial charge in [0.2, 0.25) is 0 Å². The summed E-state index contributed by atoms with van der Waals surface area (Å²) in [4.78, 5) is 35.7. The second-order valence-corrected chi connectivity index (χ2v) is 7.14. The molecular weight excluding hydrogens is 343 g/mol. The van der Waals surface area contributed by atoms with Gasteiger partial charge in [-0.1, -0.05) is 13.3 Å². The number of ether oxygens (including phenoxy) is 1. The summed E-state index contributed by atoms with van der Waals surface area (Å²) in [5.41, 5.74) is -0.810. The van der Waals surface area contributed by atoms with Gasteiger partial charge < -0.3 is 14.7 Å². The molecule has 1 unspecified atom stereocenters. The van der Waals surface area contributed by atoms with Crippen LogP contribution in [0.2, 0.25) is 0 Å². The van der Waals surface area contributed by atoms with Crippen LogP contribution in [0, 0.1) is 0 Å². The summed E-state index contributed by atoms with van der Waals surface area (Å²) in [7, 11) is -4.26. The van der Waals surface area contributed by atoms with E-state index in [2.05, 4.69) is 4.98 Å². The Balaban J connectivity index is 1.97. The number of H-pyrrole nitrogens is 1. The molecule has 24 heavy (non-hydrogen) atoms. The molecule has 0 radical (unpaired) electrons. The quantitative estimate of drug-likeness (QED) is 0.604. The van der Waals surface area contributed by atoms with Crippen molar-refractivity contribution < 1.29 is 28.3 Å². The fourth-order valence-electron chi connectivity index (χ4n) is 2.91. The van der Waals surface area contributed by atoms with Gasteiger partial charge in [-0.2, -0.15) is 0 Å². The van der Waals surface area contributed by atoms with E-state index < -0.39 is 50.2 Å². The number of phosphoric ester groups is 1. The summed E-state index contributed by atoms with van der Waals surface area (Å²) < 4.78 is 28.2. The number of aromatic amines is 1. The molecule has 2 saturated heterocycles. The Kier molecular flexibility index (Phi) is 4.78. The summed E-state index contributed by atoms with van der Waals surface area (Å²) in [5, 5.41) is 9.36. The second kappa shape index (κ2) is 6.55. The van der Waals surface area contributed by atoms with Crippen LogP contribution in [0.3, 0.4) is 0 Å². The van der Waals surface area contributed by atoms with Gasteiger partial charge in [0.25, 0.3) is 5.56 Å². The van der Waals surface area contributed by atoms with Gasteiger partial charge in [-0.3, -0.25) is 23.4 Å². The van der Waals surface area contributed by atoms with Crippen molar-refractivity contribution in [1.82, 2.24) is 9.55 Å². The Bertz CT molecular complexity index is 774. The smallest absolute Gasteiger partial charge is 0.394 e. The van der Waals surface area contributed by atoms with E-state index in [0.29, 0.717) is 12.0 Å². The number of nitrogens with one attached hydrogen (secondary N) is 1. The molecule has 1 aromatic heterocycles. The van der Waals surface area contributed by atoms with Crippen LogP contribution in [0.15, 0.2) is 15.8 Å². The molecule has 0 spiro atoms. The second-order valence-electron chi connectivity index (χ2n) is 5.78. The third-order valence-corrected chi connectivity index (χ3v) is 5.11. The molecule has 3 heterocycles. The topological polar surface area (TPSA) is 140 Å². The Morgan fingerprint density at radius 2 is 2.04 bits per heavy atom. The highest BCUT2D eigenvalue weighted by molar-refractivity contribution is 7.47. The highest BCUT2D eigenvalue weighted by Gasteiger charge is 2.57. The number of aliphatic hydroxyl groups excluding tert-OH is 1.